The van der Waals surface area contributed by atoms with E-state index in [2.05, 4.69) is 10.0 Å². The predicted octanol–water partition coefficient (Wildman–Crippen LogP) is 0.206. The van der Waals surface area contributed by atoms with E-state index in [1.165, 1.54) is 12.1 Å². The van der Waals surface area contributed by atoms with E-state index in [4.69, 9.17) is 10.2 Å². The lowest BCUT2D eigenvalue weighted by Gasteiger charge is -2.18. The van der Waals surface area contributed by atoms with E-state index in [1.807, 2.05) is 5.32 Å². The van der Waals surface area contributed by atoms with Gasteiger partial charge in [0.1, 0.15) is 12.1 Å². The Hall–Kier alpha value is -3.19. The molecule has 0 bridgehead atoms. The van der Waals surface area contributed by atoms with Gasteiger partial charge >= 0.3 is 23.9 Å². The Morgan fingerprint density at radius 1 is 0.839 bits per heavy atom. The maximum Gasteiger partial charge on any atom is 0.326 e. The van der Waals surface area contributed by atoms with Crippen LogP contribution in [0.15, 0.2) is 35.2 Å². The van der Waals surface area contributed by atoms with Gasteiger partial charge < -0.3 is 26.0 Å². The third-order valence-electron chi connectivity index (χ3n) is 4.12. The lowest BCUT2D eigenvalue weighted by atomic mass is 10.1. The summed E-state index contributed by atoms with van der Waals surface area (Å²) in [4.78, 5) is 45.0. The number of rotatable bonds is 14. The molecule has 13 heteroatoms. The summed E-state index contributed by atoms with van der Waals surface area (Å²) in [5, 5.41) is 31.0. The van der Waals surface area contributed by atoms with Crippen molar-refractivity contribution in [3.8, 4) is 0 Å². The Kier molecular flexibility index (Phi) is 10.4. The molecule has 0 aromatic heterocycles. The minimum atomic E-state index is -3.67. The molecule has 2 atom stereocenters. The zero-order valence-corrected chi connectivity index (χ0v) is 17.3. The Balaban J connectivity index is 2.46. The average molecular weight is 459 g/mol. The first-order chi connectivity index (χ1) is 14.5. The molecule has 1 aromatic carbocycles. The van der Waals surface area contributed by atoms with Crippen molar-refractivity contribution in [2.45, 2.75) is 49.1 Å². The van der Waals surface area contributed by atoms with Crippen LogP contribution in [-0.4, -0.2) is 66.3 Å². The van der Waals surface area contributed by atoms with Gasteiger partial charge in [-0.05, 0) is 37.8 Å². The van der Waals surface area contributed by atoms with Crippen LogP contribution in [0.3, 0.4) is 0 Å². The molecule has 12 nitrogen and oxygen atoms in total. The van der Waals surface area contributed by atoms with Crippen LogP contribution in [0.2, 0.25) is 0 Å². The molecule has 2 unspecified atom stereocenters. The number of aliphatic carboxylic acids is 3. The zero-order chi connectivity index (χ0) is 23.4. The Labute approximate surface area is 178 Å². The zero-order valence-electron chi connectivity index (χ0n) is 16.5. The van der Waals surface area contributed by atoms with Crippen molar-refractivity contribution in [1.29, 1.82) is 0 Å². The van der Waals surface area contributed by atoms with Crippen LogP contribution in [-0.2, 0) is 24.4 Å². The average Bonchev–Trinajstić information content (AvgIpc) is 2.70. The molecule has 1 rings (SSSR count). The Morgan fingerprint density at radius 3 is 1.90 bits per heavy atom. The summed E-state index contributed by atoms with van der Waals surface area (Å²) >= 11 is 0. The standard InChI is InChI=1S/C18H25N3O9S/c22-15(23)10-9-14(17(26)27)21-18(28)20-13(16(24)25)8-4-5-11-19-31(29,30)12-6-2-1-3-7-12/h1-3,6-7,13-14,19H,4-5,8-11H2,(H,22,23)(H,24,25)(H,26,27)(H2,20,21,28). The van der Waals surface area contributed by atoms with Gasteiger partial charge in [-0.25, -0.2) is 27.5 Å². The van der Waals surface area contributed by atoms with Gasteiger partial charge in [-0.2, -0.15) is 0 Å². The lowest BCUT2D eigenvalue weighted by Crippen LogP contribution is -2.51. The van der Waals surface area contributed by atoms with Crippen LogP contribution in [0.25, 0.3) is 0 Å². The molecule has 0 saturated heterocycles. The SMILES string of the molecule is O=C(O)CCC(NC(=O)NC(CCCCNS(=O)(=O)c1ccccc1)C(=O)O)C(=O)O. The summed E-state index contributed by atoms with van der Waals surface area (Å²) in [5.41, 5.74) is 0. The predicted molar refractivity (Wildman–Crippen MR) is 107 cm³/mol. The highest BCUT2D eigenvalue weighted by Crippen LogP contribution is 2.08. The fraction of sp³-hybridized carbons (Fsp3) is 0.444. The van der Waals surface area contributed by atoms with E-state index in [1.54, 1.807) is 18.2 Å². The molecule has 1 aromatic rings. The summed E-state index contributed by atoms with van der Waals surface area (Å²) in [5.74, 6) is -4.04. The number of hydrogen-bond acceptors (Lipinski definition) is 6. The van der Waals surface area contributed by atoms with Gasteiger partial charge in [0.05, 0.1) is 4.90 Å². The second-order valence-electron chi connectivity index (χ2n) is 6.54. The summed E-state index contributed by atoms with van der Waals surface area (Å²) in [7, 11) is -3.67. The van der Waals surface area contributed by atoms with Crippen molar-refractivity contribution in [1.82, 2.24) is 15.4 Å². The molecule has 0 fully saturated rings. The number of unbranched alkanes of at least 4 members (excludes halogenated alkanes) is 1. The van der Waals surface area contributed by atoms with Crippen LogP contribution in [0.5, 0.6) is 0 Å². The van der Waals surface area contributed by atoms with Crippen molar-refractivity contribution in [2.24, 2.45) is 0 Å². The topological polar surface area (TPSA) is 199 Å². The molecule has 0 aliphatic carbocycles. The highest BCUT2D eigenvalue weighted by Gasteiger charge is 2.24. The van der Waals surface area contributed by atoms with E-state index >= 15 is 0 Å². The van der Waals surface area contributed by atoms with Crippen molar-refractivity contribution in [2.75, 3.05) is 6.54 Å². The number of carboxylic acid groups (broad SMARTS) is 3. The van der Waals surface area contributed by atoms with Crippen molar-refractivity contribution < 1.29 is 42.9 Å². The Morgan fingerprint density at radius 2 is 1.39 bits per heavy atom. The molecule has 2 amide bonds. The number of nitrogens with one attached hydrogen (secondary N) is 3. The molecule has 6 N–H and O–H groups in total. The van der Waals surface area contributed by atoms with E-state index < -0.39 is 52.5 Å². The third kappa shape index (κ3) is 9.91. The monoisotopic (exact) mass is 459 g/mol. The number of amides is 2. The molecule has 0 spiro atoms. The first-order valence-corrected chi connectivity index (χ1v) is 10.8. The number of carbonyl (C=O) groups is 4. The quantitative estimate of drug-likeness (QED) is 0.210. The third-order valence-corrected chi connectivity index (χ3v) is 5.60. The van der Waals surface area contributed by atoms with Crippen LogP contribution in [0, 0.1) is 0 Å². The van der Waals surface area contributed by atoms with Crippen molar-refractivity contribution in [3.63, 3.8) is 0 Å². The molecule has 0 aliphatic rings. The molecule has 172 valence electrons. The summed E-state index contributed by atoms with van der Waals surface area (Å²) in [6.07, 6.45) is -0.315. The second-order valence-corrected chi connectivity index (χ2v) is 8.31. The van der Waals surface area contributed by atoms with Gasteiger partial charge in [-0.15, -0.1) is 0 Å². The molecule has 0 saturated carbocycles. The maximum absolute atomic E-state index is 12.1. The molecule has 31 heavy (non-hydrogen) atoms. The van der Waals surface area contributed by atoms with Gasteiger partial charge in [-0.1, -0.05) is 18.2 Å². The number of hydrogen-bond donors (Lipinski definition) is 6. The maximum atomic E-state index is 12.1. The van der Waals surface area contributed by atoms with Crippen LogP contribution in [0.4, 0.5) is 4.79 Å². The van der Waals surface area contributed by atoms with E-state index in [0.29, 0.717) is 6.42 Å². The summed E-state index contributed by atoms with van der Waals surface area (Å²) in [6.45, 7) is 0.0615. The molecular weight excluding hydrogens is 434 g/mol. The van der Waals surface area contributed by atoms with Gasteiger partial charge in [0.2, 0.25) is 10.0 Å². The molecule has 0 radical (unpaired) electrons. The van der Waals surface area contributed by atoms with E-state index in [0.717, 1.165) is 0 Å². The first kappa shape index (κ1) is 25.8. The van der Waals surface area contributed by atoms with Crippen molar-refractivity contribution in [3.05, 3.63) is 30.3 Å². The van der Waals surface area contributed by atoms with Crippen LogP contribution in [0.1, 0.15) is 32.1 Å². The summed E-state index contributed by atoms with van der Waals surface area (Å²) < 4.78 is 26.6. The van der Waals surface area contributed by atoms with Gasteiger partial charge in [0, 0.05) is 13.0 Å². The lowest BCUT2D eigenvalue weighted by molar-refractivity contribution is -0.140. The van der Waals surface area contributed by atoms with E-state index in [-0.39, 0.29) is 30.7 Å². The number of benzene rings is 1. The second kappa shape index (κ2) is 12.5. The smallest absolute Gasteiger partial charge is 0.326 e. The Bertz CT molecular complexity index is 875. The normalized spacial score (nSPS) is 13.0. The van der Waals surface area contributed by atoms with Gasteiger partial charge in [-0.3, -0.25) is 4.79 Å². The number of urea groups is 1. The fourth-order valence-corrected chi connectivity index (χ4v) is 3.60. The minimum Gasteiger partial charge on any atom is -0.481 e. The number of sulfonamides is 1. The molecular formula is C18H25N3O9S. The van der Waals surface area contributed by atoms with Crippen molar-refractivity contribution >= 4 is 34.0 Å². The van der Waals surface area contributed by atoms with E-state index in [9.17, 15) is 32.7 Å². The van der Waals surface area contributed by atoms with Gasteiger partial charge in [0.15, 0.2) is 0 Å². The minimum absolute atomic E-state index is 0.0251. The van der Waals surface area contributed by atoms with Crippen LogP contribution >= 0.6 is 0 Å². The van der Waals surface area contributed by atoms with Crippen LogP contribution < -0.4 is 15.4 Å². The number of carboxylic acids is 3. The molecule has 0 aliphatic heterocycles. The highest BCUT2D eigenvalue weighted by molar-refractivity contribution is 7.89. The highest BCUT2D eigenvalue weighted by atomic mass is 32.2. The number of carbonyl (C=O) groups excluding carboxylic acids is 1. The fourth-order valence-electron chi connectivity index (χ4n) is 2.50. The molecule has 0 heterocycles. The first-order valence-electron chi connectivity index (χ1n) is 9.32. The van der Waals surface area contributed by atoms with Gasteiger partial charge in [0.25, 0.3) is 0 Å². The summed E-state index contributed by atoms with van der Waals surface area (Å²) in [6, 6.07) is 3.84. The largest absolute Gasteiger partial charge is 0.481 e.